The van der Waals surface area contributed by atoms with Crippen LogP contribution < -0.4 is 0 Å². The fraction of sp³-hybridized carbons (Fsp3) is 0.741. The highest BCUT2D eigenvalue weighted by molar-refractivity contribution is 5.89. The molecule has 0 aliphatic rings. The molecule has 1 atom stereocenters. The van der Waals surface area contributed by atoms with Crippen molar-refractivity contribution >= 4 is 5.97 Å². The van der Waals surface area contributed by atoms with Crippen molar-refractivity contribution in [1.29, 1.82) is 0 Å². The van der Waals surface area contributed by atoms with Gasteiger partial charge in [0, 0.05) is 52.7 Å². The summed E-state index contributed by atoms with van der Waals surface area (Å²) in [5.41, 5.74) is 0.427. The Kier molecular flexibility index (Phi) is 19.5. The van der Waals surface area contributed by atoms with Gasteiger partial charge in [0.1, 0.15) is 5.75 Å². The Labute approximate surface area is 206 Å². The maximum atomic E-state index is 12.0. The van der Waals surface area contributed by atoms with Crippen molar-refractivity contribution < 1.29 is 33.6 Å². The van der Waals surface area contributed by atoms with E-state index in [4.69, 9.17) is 23.7 Å². The van der Waals surface area contributed by atoms with Crippen LogP contribution >= 0.6 is 0 Å². The highest BCUT2D eigenvalue weighted by Crippen LogP contribution is 2.11. The number of benzene rings is 1. The normalized spacial score (nSPS) is 12.1. The van der Waals surface area contributed by atoms with Crippen molar-refractivity contribution in [2.45, 2.75) is 77.7 Å². The molecular weight excluding hydrogens is 436 g/mol. The van der Waals surface area contributed by atoms with Gasteiger partial charge in [-0.1, -0.05) is 33.1 Å². The van der Waals surface area contributed by atoms with E-state index in [1.165, 1.54) is 31.4 Å². The second-order valence-electron chi connectivity index (χ2n) is 8.33. The molecule has 0 spiro atoms. The van der Waals surface area contributed by atoms with E-state index in [2.05, 4.69) is 13.8 Å². The second kappa shape index (κ2) is 21.8. The van der Waals surface area contributed by atoms with Gasteiger partial charge < -0.3 is 28.8 Å². The Morgan fingerprint density at radius 2 is 1.29 bits per heavy atom. The average Bonchev–Trinajstić information content (AvgIpc) is 2.85. The van der Waals surface area contributed by atoms with E-state index in [1.807, 2.05) is 0 Å². The van der Waals surface area contributed by atoms with E-state index in [0.29, 0.717) is 45.0 Å². The third kappa shape index (κ3) is 16.9. The molecule has 1 aromatic rings. The van der Waals surface area contributed by atoms with Gasteiger partial charge in [-0.05, 0) is 56.4 Å². The molecule has 1 aromatic carbocycles. The van der Waals surface area contributed by atoms with E-state index in [1.54, 1.807) is 12.1 Å². The lowest BCUT2D eigenvalue weighted by Crippen LogP contribution is -2.18. The van der Waals surface area contributed by atoms with Gasteiger partial charge in [-0.25, -0.2) is 4.79 Å². The van der Waals surface area contributed by atoms with Gasteiger partial charge in [0.25, 0.3) is 0 Å². The van der Waals surface area contributed by atoms with Crippen LogP contribution in [0.5, 0.6) is 5.75 Å². The molecule has 0 aromatic heterocycles. The predicted octanol–water partition coefficient (Wildman–Crippen LogP) is 5.53. The van der Waals surface area contributed by atoms with Crippen molar-refractivity contribution in [2.75, 3.05) is 52.9 Å². The third-order valence-corrected chi connectivity index (χ3v) is 5.31. The number of carbonyl (C=O) groups is 1. The van der Waals surface area contributed by atoms with Crippen LogP contribution in [0.2, 0.25) is 0 Å². The Hall–Kier alpha value is -1.67. The molecule has 0 bridgehead atoms. The van der Waals surface area contributed by atoms with Crippen LogP contribution in [-0.2, 0) is 23.7 Å². The molecule has 0 aliphatic carbocycles. The molecule has 0 heterocycles. The van der Waals surface area contributed by atoms with E-state index in [-0.39, 0.29) is 11.9 Å². The molecule has 0 saturated heterocycles. The van der Waals surface area contributed by atoms with Crippen molar-refractivity contribution in [3.63, 3.8) is 0 Å². The Morgan fingerprint density at radius 3 is 1.85 bits per heavy atom. The summed E-state index contributed by atoms with van der Waals surface area (Å²) in [4.78, 5) is 12.0. The molecule has 0 aliphatic heterocycles. The van der Waals surface area contributed by atoms with E-state index in [0.717, 1.165) is 51.9 Å². The second-order valence-corrected chi connectivity index (χ2v) is 8.33. The topological polar surface area (TPSA) is 83.5 Å². The quantitative estimate of drug-likeness (QED) is 0.162. The van der Waals surface area contributed by atoms with Crippen molar-refractivity contribution in [2.24, 2.45) is 0 Å². The molecule has 0 saturated carbocycles. The van der Waals surface area contributed by atoms with Crippen LogP contribution in [0.3, 0.4) is 0 Å². The summed E-state index contributed by atoms with van der Waals surface area (Å²) in [6.45, 7) is 9.67. The standard InChI is InChI=1S/C27H46O7/c1-3-5-6-7-16-30-17-8-18-31-19-9-20-32-21-10-22-33-26(4-2)15-23-34-27(29)24-11-13-25(28)14-12-24/h11-14,26,28H,3-10,15-23H2,1-2H3. The van der Waals surface area contributed by atoms with Gasteiger partial charge in [0.05, 0.1) is 18.3 Å². The van der Waals surface area contributed by atoms with Crippen LogP contribution in [0.1, 0.15) is 82.0 Å². The fourth-order valence-corrected chi connectivity index (χ4v) is 3.24. The molecular formula is C27H46O7. The SMILES string of the molecule is CCCCCCOCCCOCCCOCCCOC(CC)CCOC(=O)c1ccc(O)cc1. The number of aromatic hydroxyl groups is 1. The summed E-state index contributed by atoms with van der Waals surface area (Å²) in [6, 6.07) is 6.03. The minimum atomic E-state index is -0.390. The van der Waals surface area contributed by atoms with Gasteiger partial charge in [-0.3, -0.25) is 0 Å². The minimum absolute atomic E-state index is 0.0568. The van der Waals surface area contributed by atoms with Gasteiger partial charge in [0.2, 0.25) is 0 Å². The fourth-order valence-electron chi connectivity index (χ4n) is 3.24. The highest BCUT2D eigenvalue weighted by Gasteiger charge is 2.10. The zero-order chi connectivity index (χ0) is 24.7. The predicted molar refractivity (Wildman–Crippen MR) is 133 cm³/mol. The molecule has 0 amide bonds. The minimum Gasteiger partial charge on any atom is -0.508 e. The highest BCUT2D eigenvalue weighted by atomic mass is 16.5. The van der Waals surface area contributed by atoms with Crippen LogP contribution in [0.4, 0.5) is 0 Å². The zero-order valence-corrected chi connectivity index (χ0v) is 21.3. The van der Waals surface area contributed by atoms with Crippen molar-refractivity contribution in [3.05, 3.63) is 29.8 Å². The van der Waals surface area contributed by atoms with Crippen LogP contribution in [0.25, 0.3) is 0 Å². The van der Waals surface area contributed by atoms with Gasteiger partial charge in [0.15, 0.2) is 0 Å². The molecule has 196 valence electrons. The Morgan fingerprint density at radius 1 is 0.735 bits per heavy atom. The molecule has 0 radical (unpaired) electrons. The van der Waals surface area contributed by atoms with Crippen LogP contribution in [0.15, 0.2) is 24.3 Å². The number of phenols is 1. The average molecular weight is 483 g/mol. The number of hydrogen-bond donors (Lipinski definition) is 1. The summed E-state index contributed by atoms with van der Waals surface area (Å²) >= 11 is 0. The summed E-state index contributed by atoms with van der Waals surface area (Å²) in [5, 5.41) is 9.27. The van der Waals surface area contributed by atoms with E-state index < -0.39 is 5.97 Å². The number of rotatable bonds is 23. The molecule has 7 nitrogen and oxygen atoms in total. The number of phenolic OH excluding ortho intramolecular Hbond substituents is 1. The lowest BCUT2D eigenvalue weighted by Gasteiger charge is -2.16. The zero-order valence-electron chi connectivity index (χ0n) is 21.3. The van der Waals surface area contributed by atoms with Gasteiger partial charge in [-0.2, -0.15) is 0 Å². The molecule has 1 rings (SSSR count). The molecule has 0 fully saturated rings. The number of carbonyl (C=O) groups excluding carboxylic acids is 1. The van der Waals surface area contributed by atoms with E-state index >= 15 is 0 Å². The summed E-state index contributed by atoms with van der Waals surface area (Å²) < 4.78 is 28.0. The maximum Gasteiger partial charge on any atom is 0.338 e. The number of unbranched alkanes of at least 4 members (excludes halogenated alkanes) is 3. The lowest BCUT2D eigenvalue weighted by atomic mass is 10.2. The lowest BCUT2D eigenvalue weighted by molar-refractivity contribution is 0.00783. The third-order valence-electron chi connectivity index (χ3n) is 5.31. The number of hydrogen-bond acceptors (Lipinski definition) is 7. The summed E-state index contributed by atoms with van der Waals surface area (Å²) in [5.74, 6) is -0.267. The van der Waals surface area contributed by atoms with Crippen LogP contribution in [-0.4, -0.2) is 70.0 Å². The van der Waals surface area contributed by atoms with Crippen LogP contribution in [0, 0.1) is 0 Å². The maximum absolute atomic E-state index is 12.0. The number of ether oxygens (including phenoxy) is 5. The van der Waals surface area contributed by atoms with Crippen molar-refractivity contribution in [1.82, 2.24) is 0 Å². The van der Waals surface area contributed by atoms with Crippen molar-refractivity contribution in [3.8, 4) is 5.75 Å². The molecule has 34 heavy (non-hydrogen) atoms. The first-order chi connectivity index (χ1) is 16.7. The summed E-state index contributed by atoms with van der Waals surface area (Å²) in [6.07, 6.45) is 9.22. The Bertz CT molecular complexity index is 591. The number of esters is 1. The van der Waals surface area contributed by atoms with Gasteiger partial charge >= 0.3 is 5.97 Å². The first kappa shape index (κ1) is 30.4. The summed E-state index contributed by atoms with van der Waals surface area (Å²) in [7, 11) is 0. The smallest absolute Gasteiger partial charge is 0.338 e. The molecule has 7 heteroatoms. The largest absolute Gasteiger partial charge is 0.508 e. The monoisotopic (exact) mass is 482 g/mol. The van der Waals surface area contributed by atoms with Gasteiger partial charge in [-0.15, -0.1) is 0 Å². The Balaban J connectivity index is 1.87. The molecule has 1 N–H and O–H groups in total. The molecule has 1 unspecified atom stereocenters. The first-order valence-corrected chi connectivity index (χ1v) is 13.0. The first-order valence-electron chi connectivity index (χ1n) is 13.0. The van der Waals surface area contributed by atoms with E-state index in [9.17, 15) is 9.90 Å².